The number of fused-ring (bicyclic) bond motifs is 1. The topological polar surface area (TPSA) is 103 Å². The molecule has 0 unspecified atom stereocenters. The third-order valence-corrected chi connectivity index (χ3v) is 7.39. The van der Waals surface area contributed by atoms with Crippen LogP contribution in [0.15, 0.2) is 48.0 Å². The van der Waals surface area contributed by atoms with E-state index in [1.807, 2.05) is 29.7 Å². The average molecular weight is 444 g/mol. The molecule has 1 aliphatic rings. The van der Waals surface area contributed by atoms with Crippen molar-refractivity contribution < 1.29 is 10.0 Å². The second-order valence-corrected chi connectivity index (χ2v) is 9.00. The Kier molecular flexibility index (Phi) is 5.00. The Balaban J connectivity index is 1.57. The van der Waals surface area contributed by atoms with E-state index in [9.17, 15) is 10.1 Å². The first-order valence-corrected chi connectivity index (χ1v) is 11.3. The highest BCUT2D eigenvalue weighted by atomic mass is 32.1. The van der Waals surface area contributed by atoms with E-state index in [1.54, 1.807) is 41.1 Å². The van der Waals surface area contributed by atoms with Gasteiger partial charge in [-0.05, 0) is 49.6 Å². The Morgan fingerprint density at radius 2 is 1.97 bits per heavy atom. The zero-order valence-corrected chi connectivity index (χ0v) is 18.3. The van der Waals surface area contributed by atoms with Gasteiger partial charge in [0.2, 0.25) is 0 Å². The first-order valence-electron chi connectivity index (χ1n) is 10.5. The van der Waals surface area contributed by atoms with Crippen molar-refractivity contribution >= 4 is 22.9 Å². The van der Waals surface area contributed by atoms with Crippen LogP contribution in [0.3, 0.4) is 0 Å². The second kappa shape index (κ2) is 7.86. The van der Waals surface area contributed by atoms with Gasteiger partial charge in [0.05, 0.1) is 23.0 Å². The first-order chi connectivity index (χ1) is 15.6. The highest BCUT2D eigenvalue weighted by Crippen LogP contribution is 2.48. The summed E-state index contributed by atoms with van der Waals surface area (Å²) in [6, 6.07) is 13.2. The molecule has 0 radical (unpaired) electrons. The molecule has 32 heavy (non-hydrogen) atoms. The third kappa shape index (κ3) is 3.18. The number of nitriles is 1. The zero-order chi connectivity index (χ0) is 22.3. The van der Waals surface area contributed by atoms with Gasteiger partial charge in [-0.2, -0.15) is 5.26 Å². The van der Waals surface area contributed by atoms with Gasteiger partial charge in [0, 0.05) is 22.6 Å². The number of nitrogens with one attached hydrogen (secondary N) is 1. The van der Waals surface area contributed by atoms with Crippen LogP contribution in [0.1, 0.15) is 57.9 Å². The highest BCUT2D eigenvalue weighted by molar-refractivity contribution is 7.10. The number of hydroxylamine groups is 1. The van der Waals surface area contributed by atoms with Crippen LogP contribution in [0.5, 0.6) is 0 Å². The molecule has 160 valence electrons. The molecule has 5 rings (SSSR count). The predicted molar refractivity (Wildman–Crippen MR) is 121 cm³/mol. The van der Waals surface area contributed by atoms with Crippen molar-refractivity contribution in [1.29, 1.82) is 5.26 Å². The zero-order valence-electron chi connectivity index (χ0n) is 17.5. The monoisotopic (exact) mass is 443 g/mol. The number of hydrogen-bond donors (Lipinski definition) is 2. The van der Waals surface area contributed by atoms with E-state index in [4.69, 9.17) is 10.2 Å². The maximum absolute atomic E-state index is 11.7. The molecule has 8 heteroatoms. The summed E-state index contributed by atoms with van der Waals surface area (Å²) >= 11 is 1.65. The smallest absolute Gasteiger partial charge is 0.274 e. The van der Waals surface area contributed by atoms with Crippen molar-refractivity contribution in [3.63, 3.8) is 0 Å². The number of imidazole rings is 1. The molecule has 1 aliphatic carbocycles. The molecule has 0 aliphatic heterocycles. The quantitative estimate of drug-likeness (QED) is 0.354. The maximum atomic E-state index is 11.7. The lowest BCUT2D eigenvalue weighted by Gasteiger charge is -2.27. The fourth-order valence-corrected chi connectivity index (χ4v) is 5.84. The number of pyridine rings is 1. The minimum absolute atomic E-state index is 0.181. The van der Waals surface area contributed by atoms with Crippen LogP contribution < -0.4 is 5.48 Å². The van der Waals surface area contributed by atoms with E-state index in [1.165, 1.54) is 0 Å². The van der Waals surface area contributed by atoms with Gasteiger partial charge in [-0.3, -0.25) is 14.4 Å². The molecule has 1 saturated carbocycles. The lowest BCUT2D eigenvalue weighted by Crippen LogP contribution is -2.24. The van der Waals surface area contributed by atoms with Crippen LogP contribution in [0.25, 0.3) is 17.0 Å². The fraction of sp³-hybridized carbons (Fsp3) is 0.250. The van der Waals surface area contributed by atoms with Crippen molar-refractivity contribution in [2.45, 2.75) is 38.0 Å². The summed E-state index contributed by atoms with van der Waals surface area (Å²) in [5.74, 6) is -0.517. The number of benzene rings is 1. The number of hydrogen-bond acceptors (Lipinski definition) is 6. The number of aryl methyl sites for hydroxylation is 1. The number of aromatic nitrogens is 3. The molecule has 7 nitrogen and oxygen atoms in total. The van der Waals surface area contributed by atoms with Gasteiger partial charge < -0.3 is 0 Å². The normalized spacial score (nSPS) is 15.0. The lowest BCUT2D eigenvalue weighted by atomic mass is 9.79. The number of thiazole rings is 1. The Labute approximate surface area is 189 Å². The van der Waals surface area contributed by atoms with E-state index in [2.05, 4.69) is 16.4 Å². The lowest BCUT2D eigenvalue weighted by molar-refractivity contribution is 0.0706. The molecule has 0 spiro atoms. The molecule has 2 N–H and O–H groups in total. The highest BCUT2D eigenvalue weighted by Gasteiger charge is 2.40. The number of carbonyl (C=O) groups is 1. The minimum Gasteiger partial charge on any atom is -0.298 e. The summed E-state index contributed by atoms with van der Waals surface area (Å²) in [6.45, 7) is 1.96. The predicted octanol–water partition coefficient (Wildman–Crippen LogP) is 4.62. The maximum Gasteiger partial charge on any atom is 0.274 e. The number of amides is 1. The summed E-state index contributed by atoms with van der Waals surface area (Å²) in [4.78, 5) is 21.4. The van der Waals surface area contributed by atoms with Crippen molar-refractivity contribution in [3.8, 4) is 17.5 Å². The Bertz CT molecular complexity index is 1360. The van der Waals surface area contributed by atoms with Crippen LogP contribution >= 0.6 is 11.3 Å². The number of nitrogens with zero attached hydrogens (tertiary/aromatic N) is 4. The fourth-order valence-electron chi connectivity index (χ4n) is 4.75. The van der Waals surface area contributed by atoms with Crippen LogP contribution in [0.2, 0.25) is 0 Å². The SMILES string of the molecule is Cc1nc2cc(C#N)ccn2c1-c1csc(C2(c3ccc(C(=O)NO)cc3)CCCC2)n1. The van der Waals surface area contributed by atoms with Gasteiger partial charge in [-0.15, -0.1) is 11.3 Å². The van der Waals surface area contributed by atoms with Gasteiger partial charge in [-0.1, -0.05) is 25.0 Å². The van der Waals surface area contributed by atoms with Crippen LogP contribution in [-0.2, 0) is 5.41 Å². The van der Waals surface area contributed by atoms with E-state index >= 15 is 0 Å². The van der Waals surface area contributed by atoms with Crippen LogP contribution in [0, 0.1) is 18.3 Å². The Morgan fingerprint density at radius 1 is 1.22 bits per heavy atom. The van der Waals surface area contributed by atoms with Gasteiger partial charge >= 0.3 is 0 Å². The molecule has 3 heterocycles. The molecule has 3 aromatic heterocycles. The summed E-state index contributed by atoms with van der Waals surface area (Å²) in [5, 5.41) is 21.2. The van der Waals surface area contributed by atoms with Crippen LogP contribution in [-0.4, -0.2) is 25.5 Å². The second-order valence-electron chi connectivity index (χ2n) is 8.15. The Hall–Kier alpha value is -3.54. The first kappa shape index (κ1) is 20.4. The summed E-state index contributed by atoms with van der Waals surface area (Å²) in [5.41, 5.74) is 7.06. The number of rotatable bonds is 4. The van der Waals surface area contributed by atoms with Crippen molar-refractivity contribution in [2.75, 3.05) is 0 Å². The molecule has 4 aromatic rings. The van der Waals surface area contributed by atoms with Gasteiger partial charge in [0.1, 0.15) is 16.3 Å². The Morgan fingerprint density at radius 3 is 2.66 bits per heavy atom. The van der Waals surface area contributed by atoms with Crippen molar-refractivity contribution in [3.05, 3.63) is 75.4 Å². The summed E-state index contributed by atoms with van der Waals surface area (Å²) < 4.78 is 1.98. The minimum atomic E-state index is -0.517. The molecule has 0 saturated heterocycles. The molecule has 0 bridgehead atoms. The summed E-state index contributed by atoms with van der Waals surface area (Å²) in [6.07, 6.45) is 6.13. The van der Waals surface area contributed by atoms with Crippen molar-refractivity contribution in [1.82, 2.24) is 19.8 Å². The standard InChI is InChI=1S/C24H21N5O2S/c1-15-21(29-11-8-16(13-25)12-20(29)26-15)19-14-32-23(27-19)24(9-2-3-10-24)18-6-4-17(5-7-18)22(30)28-31/h4-8,11-12,14,31H,2-3,9-10H2,1H3,(H,28,30). The summed E-state index contributed by atoms with van der Waals surface area (Å²) in [7, 11) is 0. The molecule has 0 atom stereocenters. The van der Waals surface area contributed by atoms with Crippen molar-refractivity contribution in [2.24, 2.45) is 0 Å². The molecule has 1 aromatic carbocycles. The molecule has 1 amide bonds. The third-order valence-electron chi connectivity index (χ3n) is 6.34. The molecule has 1 fully saturated rings. The van der Waals surface area contributed by atoms with Gasteiger partial charge in [0.25, 0.3) is 5.91 Å². The number of carbonyl (C=O) groups excluding carboxylic acids is 1. The average Bonchev–Trinajstić information content (AvgIpc) is 3.56. The molecular formula is C24H21N5O2S. The van der Waals surface area contributed by atoms with Gasteiger partial charge in [-0.25, -0.2) is 15.4 Å². The van der Waals surface area contributed by atoms with Gasteiger partial charge in [0.15, 0.2) is 0 Å². The van der Waals surface area contributed by atoms with E-state index < -0.39 is 5.91 Å². The van der Waals surface area contributed by atoms with E-state index in [-0.39, 0.29) is 5.41 Å². The van der Waals surface area contributed by atoms with E-state index in [0.717, 1.165) is 59.0 Å². The molecular weight excluding hydrogens is 422 g/mol. The van der Waals surface area contributed by atoms with Crippen LogP contribution in [0.4, 0.5) is 0 Å². The van der Waals surface area contributed by atoms with E-state index in [0.29, 0.717) is 11.1 Å². The largest absolute Gasteiger partial charge is 0.298 e.